The second-order valence-corrected chi connectivity index (χ2v) is 5.41. The van der Waals surface area contributed by atoms with Crippen LogP contribution in [-0.4, -0.2) is 46.5 Å². The molecule has 18 heavy (non-hydrogen) atoms. The van der Waals surface area contributed by atoms with Gasteiger partial charge in [-0.1, -0.05) is 11.6 Å². The van der Waals surface area contributed by atoms with Gasteiger partial charge in [0, 0.05) is 25.7 Å². The molecular formula is C12H17ClN4O. The summed E-state index contributed by atoms with van der Waals surface area (Å²) in [4.78, 5) is 24.2. The standard InChI is InChI=1S/C12H17ClN4O/c1-8-9(13)14-7-15-10(8)17-6-5-16(4)11(18)12(17,2)3/h7H,5-6H2,1-4H3. The molecule has 0 radical (unpaired) electrons. The summed E-state index contributed by atoms with van der Waals surface area (Å²) in [7, 11) is 1.82. The lowest BCUT2D eigenvalue weighted by molar-refractivity contribution is -0.136. The van der Waals surface area contributed by atoms with E-state index in [0.717, 1.165) is 17.9 Å². The van der Waals surface area contributed by atoms with E-state index in [1.165, 1.54) is 6.33 Å². The molecule has 0 spiro atoms. The van der Waals surface area contributed by atoms with Crippen molar-refractivity contribution in [3.05, 3.63) is 17.0 Å². The number of nitrogens with zero attached hydrogens (tertiary/aromatic N) is 4. The number of aromatic nitrogens is 2. The van der Waals surface area contributed by atoms with Gasteiger partial charge in [-0.05, 0) is 20.8 Å². The highest BCUT2D eigenvalue weighted by atomic mass is 35.5. The number of piperazine rings is 1. The van der Waals surface area contributed by atoms with Gasteiger partial charge in [-0.2, -0.15) is 0 Å². The van der Waals surface area contributed by atoms with E-state index >= 15 is 0 Å². The number of rotatable bonds is 1. The molecule has 0 atom stereocenters. The molecule has 1 aromatic heterocycles. The molecule has 2 rings (SSSR count). The van der Waals surface area contributed by atoms with E-state index in [4.69, 9.17) is 11.6 Å². The van der Waals surface area contributed by atoms with Crippen LogP contribution in [0.3, 0.4) is 0 Å². The summed E-state index contributed by atoms with van der Waals surface area (Å²) in [6.07, 6.45) is 1.43. The summed E-state index contributed by atoms with van der Waals surface area (Å²) >= 11 is 6.02. The van der Waals surface area contributed by atoms with E-state index in [1.807, 2.05) is 32.7 Å². The third kappa shape index (κ3) is 1.92. The number of hydrogen-bond acceptors (Lipinski definition) is 4. The summed E-state index contributed by atoms with van der Waals surface area (Å²) in [5.41, 5.74) is 0.194. The number of likely N-dealkylation sites (N-methyl/N-ethyl adjacent to an activating group) is 1. The molecule has 2 heterocycles. The van der Waals surface area contributed by atoms with Crippen molar-refractivity contribution in [1.29, 1.82) is 0 Å². The van der Waals surface area contributed by atoms with Crippen molar-refractivity contribution in [2.24, 2.45) is 0 Å². The second kappa shape index (κ2) is 4.39. The summed E-state index contributed by atoms with van der Waals surface area (Å²) in [5.74, 6) is 0.823. The second-order valence-electron chi connectivity index (χ2n) is 5.05. The summed E-state index contributed by atoms with van der Waals surface area (Å²) in [5, 5.41) is 0.433. The molecule has 0 aromatic carbocycles. The Labute approximate surface area is 112 Å². The van der Waals surface area contributed by atoms with Crippen molar-refractivity contribution in [3.63, 3.8) is 0 Å². The van der Waals surface area contributed by atoms with Gasteiger partial charge in [0.15, 0.2) is 0 Å². The lowest BCUT2D eigenvalue weighted by Gasteiger charge is -2.45. The quantitative estimate of drug-likeness (QED) is 0.724. The van der Waals surface area contributed by atoms with Gasteiger partial charge < -0.3 is 9.80 Å². The normalized spacial score (nSPS) is 19.3. The number of carbonyl (C=O) groups is 1. The molecule has 1 saturated heterocycles. The summed E-state index contributed by atoms with van der Waals surface area (Å²) in [6, 6.07) is 0. The van der Waals surface area contributed by atoms with Gasteiger partial charge in [0.25, 0.3) is 0 Å². The lowest BCUT2D eigenvalue weighted by Crippen LogP contribution is -2.62. The van der Waals surface area contributed by atoms with Gasteiger partial charge >= 0.3 is 0 Å². The zero-order valence-electron chi connectivity index (χ0n) is 11.1. The van der Waals surface area contributed by atoms with Crippen LogP contribution in [0.1, 0.15) is 19.4 Å². The van der Waals surface area contributed by atoms with Crippen LogP contribution in [0, 0.1) is 6.92 Å². The molecule has 98 valence electrons. The maximum Gasteiger partial charge on any atom is 0.247 e. The minimum absolute atomic E-state index is 0.0860. The van der Waals surface area contributed by atoms with Gasteiger partial charge in [0.2, 0.25) is 5.91 Å². The number of amides is 1. The van der Waals surface area contributed by atoms with Crippen molar-refractivity contribution in [2.45, 2.75) is 26.3 Å². The van der Waals surface area contributed by atoms with Crippen molar-refractivity contribution >= 4 is 23.3 Å². The highest BCUT2D eigenvalue weighted by Crippen LogP contribution is 2.30. The Bertz CT molecular complexity index is 489. The zero-order chi connectivity index (χ0) is 13.5. The van der Waals surface area contributed by atoms with Crippen LogP contribution < -0.4 is 4.90 Å². The van der Waals surface area contributed by atoms with E-state index in [9.17, 15) is 4.79 Å². The smallest absolute Gasteiger partial charge is 0.247 e. The van der Waals surface area contributed by atoms with Crippen LogP contribution in [-0.2, 0) is 4.79 Å². The fourth-order valence-electron chi connectivity index (χ4n) is 2.28. The van der Waals surface area contributed by atoms with Crippen LogP contribution >= 0.6 is 11.6 Å². The molecular weight excluding hydrogens is 252 g/mol. The number of anilines is 1. The molecule has 1 aromatic rings. The first-order valence-electron chi connectivity index (χ1n) is 5.86. The number of carbonyl (C=O) groups excluding carboxylic acids is 1. The zero-order valence-corrected chi connectivity index (χ0v) is 11.8. The fourth-order valence-corrected chi connectivity index (χ4v) is 2.40. The van der Waals surface area contributed by atoms with Crippen LogP contribution in [0.5, 0.6) is 0 Å². The molecule has 0 aliphatic carbocycles. The Balaban J connectivity index is 2.45. The Morgan fingerprint density at radius 2 is 2.00 bits per heavy atom. The maximum atomic E-state index is 12.2. The van der Waals surface area contributed by atoms with Crippen LogP contribution in [0.4, 0.5) is 5.82 Å². The minimum Gasteiger partial charge on any atom is -0.342 e. The van der Waals surface area contributed by atoms with E-state index in [-0.39, 0.29) is 5.91 Å². The first kappa shape index (κ1) is 13.1. The average molecular weight is 269 g/mol. The van der Waals surface area contributed by atoms with E-state index in [0.29, 0.717) is 11.7 Å². The third-order valence-electron chi connectivity index (χ3n) is 3.46. The Morgan fingerprint density at radius 3 is 2.67 bits per heavy atom. The summed E-state index contributed by atoms with van der Waals surface area (Å²) in [6.45, 7) is 7.10. The predicted octanol–water partition coefficient (Wildman–Crippen LogP) is 1.50. The van der Waals surface area contributed by atoms with Gasteiger partial charge in [0.1, 0.15) is 22.8 Å². The first-order chi connectivity index (χ1) is 8.35. The molecule has 1 amide bonds. The van der Waals surface area contributed by atoms with E-state index in [1.54, 1.807) is 4.90 Å². The molecule has 0 saturated carbocycles. The molecule has 0 bridgehead atoms. The fraction of sp³-hybridized carbons (Fsp3) is 0.583. The molecule has 1 fully saturated rings. The van der Waals surface area contributed by atoms with E-state index in [2.05, 4.69) is 9.97 Å². The van der Waals surface area contributed by atoms with Crippen molar-refractivity contribution in [2.75, 3.05) is 25.0 Å². The Morgan fingerprint density at radius 1 is 1.33 bits per heavy atom. The van der Waals surface area contributed by atoms with E-state index < -0.39 is 5.54 Å². The van der Waals surface area contributed by atoms with Crippen molar-refractivity contribution in [1.82, 2.24) is 14.9 Å². The SMILES string of the molecule is Cc1c(Cl)ncnc1N1CCN(C)C(=O)C1(C)C. The number of halogens is 1. The average Bonchev–Trinajstić information content (AvgIpc) is 2.31. The van der Waals surface area contributed by atoms with Gasteiger partial charge in [-0.3, -0.25) is 4.79 Å². The lowest BCUT2D eigenvalue weighted by atomic mass is 9.97. The predicted molar refractivity (Wildman–Crippen MR) is 70.8 cm³/mol. The van der Waals surface area contributed by atoms with Crippen LogP contribution in [0.2, 0.25) is 5.15 Å². The van der Waals surface area contributed by atoms with Gasteiger partial charge in [-0.25, -0.2) is 9.97 Å². The Kier molecular flexibility index (Phi) is 3.19. The van der Waals surface area contributed by atoms with Gasteiger partial charge in [0.05, 0.1) is 0 Å². The van der Waals surface area contributed by atoms with Gasteiger partial charge in [-0.15, -0.1) is 0 Å². The molecule has 0 unspecified atom stereocenters. The van der Waals surface area contributed by atoms with Crippen LogP contribution in [0.25, 0.3) is 0 Å². The highest BCUT2D eigenvalue weighted by molar-refractivity contribution is 6.30. The number of hydrogen-bond donors (Lipinski definition) is 0. The topological polar surface area (TPSA) is 49.3 Å². The molecule has 6 heteroatoms. The Hall–Kier alpha value is -1.36. The first-order valence-corrected chi connectivity index (χ1v) is 6.24. The minimum atomic E-state index is -0.616. The maximum absolute atomic E-state index is 12.2. The molecule has 1 aliphatic rings. The molecule has 1 aliphatic heterocycles. The van der Waals surface area contributed by atoms with Crippen molar-refractivity contribution in [3.8, 4) is 0 Å². The monoisotopic (exact) mass is 268 g/mol. The largest absolute Gasteiger partial charge is 0.342 e. The molecule has 5 nitrogen and oxygen atoms in total. The van der Waals surface area contributed by atoms with Crippen molar-refractivity contribution < 1.29 is 4.79 Å². The third-order valence-corrected chi connectivity index (χ3v) is 3.84. The summed E-state index contributed by atoms with van der Waals surface area (Å²) < 4.78 is 0. The molecule has 0 N–H and O–H groups in total. The van der Waals surface area contributed by atoms with Crippen LogP contribution in [0.15, 0.2) is 6.33 Å². The highest BCUT2D eigenvalue weighted by Gasteiger charge is 2.41.